The molecule has 3 rings (SSSR count). The Hall–Kier alpha value is -2.41. The first-order valence-corrected chi connectivity index (χ1v) is 7.95. The molecule has 2 aromatic heterocycles. The van der Waals surface area contributed by atoms with Crippen molar-refractivity contribution < 1.29 is 14.3 Å². The summed E-state index contributed by atoms with van der Waals surface area (Å²) in [6.45, 7) is 4.41. The van der Waals surface area contributed by atoms with Crippen LogP contribution in [0.15, 0.2) is 18.5 Å². The van der Waals surface area contributed by atoms with E-state index in [1.54, 1.807) is 31.5 Å². The lowest BCUT2D eigenvalue weighted by molar-refractivity contribution is -0.00701. The van der Waals surface area contributed by atoms with Gasteiger partial charge in [-0.1, -0.05) is 0 Å². The summed E-state index contributed by atoms with van der Waals surface area (Å²) in [5.74, 6) is 0.557. The second-order valence-corrected chi connectivity index (χ2v) is 6.15. The molecule has 2 atom stereocenters. The number of nitrogens with one attached hydrogen (secondary N) is 1. The van der Waals surface area contributed by atoms with Crippen LogP contribution in [0.4, 0.5) is 0 Å². The lowest BCUT2D eigenvalue weighted by atomic mass is 9.99. The van der Waals surface area contributed by atoms with Crippen LogP contribution in [0, 0.1) is 0 Å². The van der Waals surface area contributed by atoms with Gasteiger partial charge in [-0.25, -0.2) is 0 Å². The Morgan fingerprint density at radius 2 is 2.25 bits per heavy atom. The number of aromatic nitrogens is 3. The minimum Gasteiger partial charge on any atom is -0.495 e. The molecule has 0 spiro atoms. The van der Waals surface area contributed by atoms with Gasteiger partial charge >= 0.3 is 0 Å². The minimum absolute atomic E-state index is 0.0736. The fourth-order valence-electron chi connectivity index (χ4n) is 3.04. The highest BCUT2D eigenvalue weighted by molar-refractivity contribution is 5.94. The molecular weight excluding hydrogens is 308 g/mol. The molecule has 128 valence electrons. The summed E-state index contributed by atoms with van der Waals surface area (Å²) in [6, 6.07) is 1.87. The summed E-state index contributed by atoms with van der Waals surface area (Å²) in [7, 11) is 3.35. The van der Waals surface area contributed by atoms with E-state index in [4.69, 9.17) is 9.47 Å². The van der Waals surface area contributed by atoms with E-state index in [-0.39, 0.29) is 18.1 Å². The first kappa shape index (κ1) is 16.4. The number of methoxy groups -OCH3 is 1. The van der Waals surface area contributed by atoms with Crippen LogP contribution in [0.3, 0.4) is 0 Å². The van der Waals surface area contributed by atoms with Crippen LogP contribution in [0.2, 0.25) is 0 Å². The quantitative estimate of drug-likeness (QED) is 0.928. The van der Waals surface area contributed by atoms with Crippen molar-refractivity contribution in [3.8, 4) is 5.75 Å². The van der Waals surface area contributed by atoms with Crippen LogP contribution in [0.5, 0.6) is 5.75 Å². The van der Waals surface area contributed by atoms with Gasteiger partial charge < -0.3 is 14.4 Å². The predicted molar refractivity (Wildman–Crippen MR) is 87.8 cm³/mol. The van der Waals surface area contributed by atoms with Crippen molar-refractivity contribution in [3.05, 3.63) is 41.0 Å². The zero-order chi connectivity index (χ0) is 17.3. The van der Waals surface area contributed by atoms with Crippen LogP contribution in [-0.4, -0.2) is 46.2 Å². The largest absolute Gasteiger partial charge is 0.495 e. The summed E-state index contributed by atoms with van der Waals surface area (Å²) in [6.07, 6.45) is 4.05. The standard InChI is InChI=1S/C17H22N4O3/c1-10-5-14-15(11(2)24-10)19-20-16(14)17(22)21(3)9-12-6-13(23-4)8-18-7-12/h6-8,10-11H,5,9H2,1-4H3,(H,19,20)/t10-,11+/m0/s1. The maximum absolute atomic E-state index is 12.8. The maximum Gasteiger partial charge on any atom is 0.274 e. The number of ether oxygens (including phenoxy) is 2. The summed E-state index contributed by atoms with van der Waals surface area (Å²) >= 11 is 0. The van der Waals surface area contributed by atoms with Gasteiger partial charge in [-0.2, -0.15) is 5.10 Å². The Morgan fingerprint density at radius 1 is 1.46 bits per heavy atom. The molecule has 0 saturated heterocycles. The van der Waals surface area contributed by atoms with E-state index in [1.165, 1.54) is 0 Å². The fraction of sp³-hybridized carbons (Fsp3) is 0.471. The van der Waals surface area contributed by atoms with Crippen molar-refractivity contribution in [2.75, 3.05) is 14.2 Å². The van der Waals surface area contributed by atoms with Crippen molar-refractivity contribution >= 4 is 5.91 Å². The second-order valence-electron chi connectivity index (χ2n) is 6.15. The normalized spacial score (nSPS) is 19.7. The molecule has 0 unspecified atom stereocenters. The summed E-state index contributed by atoms with van der Waals surface area (Å²) < 4.78 is 10.9. The summed E-state index contributed by atoms with van der Waals surface area (Å²) in [5.41, 5.74) is 3.24. The second kappa shape index (κ2) is 6.60. The van der Waals surface area contributed by atoms with Gasteiger partial charge in [0.05, 0.1) is 31.2 Å². The van der Waals surface area contributed by atoms with E-state index < -0.39 is 0 Å². The van der Waals surface area contributed by atoms with Crippen LogP contribution < -0.4 is 4.74 Å². The number of pyridine rings is 1. The minimum atomic E-state index is -0.114. The highest BCUT2D eigenvalue weighted by atomic mass is 16.5. The van der Waals surface area contributed by atoms with Crippen LogP contribution in [0.1, 0.15) is 47.3 Å². The van der Waals surface area contributed by atoms with Crippen molar-refractivity contribution in [2.45, 2.75) is 39.0 Å². The molecule has 3 heterocycles. The first-order chi connectivity index (χ1) is 11.5. The van der Waals surface area contributed by atoms with Crippen molar-refractivity contribution in [2.24, 2.45) is 0 Å². The molecule has 7 nitrogen and oxygen atoms in total. The molecule has 0 fully saturated rings. The number of fused-ring (bicyclic) bond motifs is 1. The molecule has 0 radical (unpaired) electrons. The third kappa shape index (κ3) is 3.12. The third-order valence-corrected chi connectivity index (χ3v) is 4.21. The lowest BCUT2D eigenvalue weighted by Crippen LogP contribution is -2.29. The number of hydrogen-bond donors (Lipinski definition) is 1. The molecule has 0 bridgehead atoms. The molecule has 0 aromatic carbocycles. The van der Waals surface area contributed by atoms with Gasteiger partial charge in [0.2, 0.25) is 0 Å². The molecule has 1 aliphatic heterocycles. The fourth-order valence-corrected chi connectivity index (χ4v) is 3.04. The number of nitrogens with zero attached hydrogens (tertiary/aromatic N) is 3. The number of hydrogen-bond acceptors (Lipinski definition) is 5. The maximum atomic E-state index is 12.8. The molecule has 7 heteroatoms. The van der Waals surface area contributed by atoms with E-state index in [0.29, 0.717) is 24.4 Å². The van der Waals surface area contributed by atoms with Gasteiger partial charge in [0.1, 0.15) is 5.75 Å². The molecule has 1 amide bonds. The van der Waals surface area contributed by atoms with Crippen LogP contribution >= 0.6 is 0 Å². The van der Waals surface area contributed by atoms with E-state index in [9.17, 15) is 4.79 Å². The molecule has 0 saturated carbocycles. The number of aromatic amines is 1. The van der Waals surface area contributed by atoms with Gasteiger partial charge in [-0.05, 0) is 25.5 Å². The van der Waals surface area contributed by atoms with Gasteiger partial charge in [0.25, 0.3) is 5.91 Å². The van der Waals surface area contributed by atoms with Gasteiger partial charge in [-0.15, -0.1) is 0 Å². The van der Waals surface area contributed by atoms with Crippen molar-refractivity contribution in [3.63, 3.8) is 0 Å². The highest BCUT2D eigenvalue weighted by Gasteiger charge is 2.30. The van der Waals surface area contributed by atoms with Crippen molar-refractivity contribution in [1.29, 1.82) is 0 Å². The lowest BCUT2D eigenvalue weighted by Gasteiger charge is -2.25. The molecule has 24 heavy (non-hydrogen) atoms. The van der Waals surface area contributed by atoms with Gasteiger partial charge in [-0.3, -0.25) is 14.9 Å². The Morgan fingerprint density at radius 3 is 3.00 bits per heavy atom. The third-order valence-electron chi connectivity index (χ3n) is 4.21. The van der Waals surface area contributed by atoms with Crippen molar-refractivity contribution in [1.82, 2.24) is 20.1 Å². The molecule has 2 aromatic rings. The summed E-state index contributed by atoms with van der Waals surface area (Å²) in [4.78, 5) is 18.6. The Kier molecular flexibility index (Phi) is 4.53. The van der Waals surface area contributed by atoms with Gasteiger partial charge in [0, 0.05) is 31.8 Å². The zero-order valence-corrected chi connectivity index (χ0v) is 14.4. The summed E-state index contributed by atoms with van der Waals surface area (Å²) in [5, 5.41) is 7.20. The Bertz CT molecular complexity index is 743. The number of carbonyl (C=O) groups is 1. The monoisotopic (exact) mass is 330 g/mol. The zero-order valence-electron chi connectivity index (χ0n) is 14.4. The molecule has 1 N–H and O–H groups in total. The average molecular weight is 330 g/mol. The van der Waals surface area contributed by atoms with Crippen LogP contribution in [-0.2, 0) is 17.7 Å². The Labute approximate surface area is 141 Å². The smallest absolute Gasteiger partial charge is 0.274 e. The molecule has 0 aliphatic carbocycles. The number of H-pyrrole nitrogens is 1. The van der Waals surface area contributed by atoms with E-state index in [1.807, 2.05) is 19.9 Å². The Balaban J connectivity index is 1.79. The van der Waals surface area contributed by atoms with Crippen LogP contribution in [0.25, 0.3) is 0 Å². The van der Waals surface area contributed by atoms with E-state index >= 15 is 0 Å². The first-order valence-electron chi connectivity index (χ1n) is 7.95. The van der Waals surface area contributed by atoms with Gasteiger partial charge in [0.15, 0.2) is 5.69 Å². The molecule has 1 aliphatic rings. The number of amides is 1. The van der Waals surface area contributed by atoms with E-state index in [2.05, 4.69) is 15.2 Å². The average Bonchev–Trinajstić information content (AvgIpc) is 2.98. The predicted octanol–water partition coefficient (Wildman–Crippen LogP) is 2.11. The topological polar surface area (TPSA) is 80.3 Å². The van der Waals surface area contributed by atoms with E-state index in [0.717, 1.165) is 16.8 Å². The SMILES string of the molecule is COc1cncc(CN(C)C(=O)c2n[nH]c3c2C[C@H](C)O[C@@H]3C)c1. The molecular formula is C17H22N4O3. The number of rotatable bonds is 4. The number of carbonyl (C=O) groups excluding carboxylic acids is 1. The highest BCUT2D eigenvalue weighted by Crippen LogP contribution is 2.30.